The topological polar surface area (TPSA) is 49.4 Å². The Morgan fingerprint density at radius 2 is 1.52 bits per heavy atom. The highest BCUT2D eigenvalue weighted by molar-refractivity contribution is 6.08. The molecule has 0 aliphatic carbocycles. The third kappa shape index (κ3) is 4.30. The molecule has 2 rings (SSSR count). The van der Waals surface area contributed by atoms with Crippen molar-refractivity contribution in [2.24, 2.45) is 5.73 Å². The van der Waals surface area contributed by atoms with E-state index in [9.17, 15) is 22.0 Å². The first-order valence-corrected chi connectivity index (χ1v) is 6.78. The highest BCUT2D eigenvalue weighted by Gasteiger charge is 2.40. The van der Waals surface area contributed by atoms with Crippen LogP contribution in [-0.4, -0.2) is 17.3 Å². The number of alkyl halides is 5. The van der Waals surface area contributed by atoms with Crippen molar-refractivity contribution in [1.29, 1.82) is 0 Å². The van der Waals surface area contributed by atoms with Crippen molar-refractivity contribution >= 4 is 11.8 Å². The first-order valence-electron chi connectivity index (χ1n) is 6.78. The Kier molecular flexibility index (Phi) is 4.03. The molecule has 126 valence electrons. The average molecular weight is 335 g/mol. The van der Waals surface area contributed by atoms with Crippen LogP contribution in [-0.2, 0) is 16.8 Å². The predicted octanol–water partition coefficient (Wildman–Crippen LogP) is 3.19. The van der Waals surface area contributed by atoms with Crippen molar-refractivity contribution in [3.05, 3.63) is 34.9 Å². The largest absolute Gasteiger partial charge is 0.509 e. The second kappa shape index (κ2) is 5.32. The van der Waals surface area contributed by atoms with Crippen molar-refractivity contribution in [2.75, 3.05) is 0 Å². The lowest BCUT2D eigenvalue weighted by molar-refractivity contribution is -0.137. The first kappa shape index (κ1) is 17.4. The van der Waals surface area contributed by atoms with Crippen LogP contribution in [0.3, 0.4) is 0 Å². The second-order valence-corrected chi connectivity index (χ2v) is 6.26. The fraction of sp³-hybridized carbons (Fsp3) is 0.467. The zero-order valence-electron chi connectivity index (χ0n) is 12.8. The summed E-state index contributed by atoms with van der Waals surface area (Å²) >= 11 is 0. The van der Waals surface area contributed by atoms with Crippen LogP contribution in [0.1, 0.15) is 43.9 Å². The third-order valence-corrected chi connectivity index (χ3v) is 3.06. The molecule has 0 bridgehead atoms. The van der Waals surface area contributed by atoms with Gasteiger partial charge in [0.2, 0.25) is 0 Å². The maximum atomic E-state index is 13.4. The molecular weight excluding hydrogens is 319 g/mol. The molecule has 0 atom stereocenters. The number of ether oxygens (including phenoxy) is 1. The molecule has 0 fully saturated rings. The van der Waals surface area contributed by atoms with Gasteiger partial charge in [0.1, 0.15) is 12.0 Å². The third-order valence-electron chi connectivity index (χ3n) is 3.06. The lowest BCUT2D eigenvalue weighted by Crippen LogP contribution is -2.40. The van der Waals surface area contributed by atoms with Crippen LogP contribution in [0.4, 0.5) is 22.0 Å². The van der Waals surface area contributed by atoms with Crippen LogP contribution in [0.5, 0.6) is 0 Å². The highest BCUT2D eigenvalue weighted by Crippen LogP contribution is 2.35. The normalized spacial score (nSPS) is 15.5. The molecule has 0 unspecified atom stereocenters. The summed E-state index contributed by atoms with van der Waals surface area (Å²) in [4.78, 5) is 0. The molecule has 1 aromatic carbocycles. The molecular formula is C15H16F5N2O+. The van der Waals surface area contributed by atoms with Gasteiger partial charge in [-0.15, -0.1) is 0 Å². The van der Waals surface area contributed by atoms with Gasteiger partial charge in [-0.1, -0.05) is 0 Å². The minimum absolute atomic E-state index is 0.124. The van der Waals surface area contributed by atoms with E-state index in [1.54, 1.807) is 13.8 Å². The van der Waals surface area contributed by atoms with Gasteiger partial charge in [0.25, 0.3) is 5.92 Å². The number of rotatable bonds is 4. The molecule has 1 aliphatic rings. The van der Waals surface area contributed by atoms with Gasteiger partial charge >= 0.3 is 18.0 Å². The summed E-state index contributed by atoms with van der Waals surface area (Å²) in [5.41, 5.74) is 3.11. The zero-order valence-corrected chi connectivity index (χ0v) is 12.8. The first-order chi connectivity index (χ1) is 10.3. The fourth-order valence-corrected chi connectivity index (χ4v) is 1.99. The molecule has 1 aromatic rings. The Bertz CT molecular complexity index is 657. The molecule has 8 heteroatoms. The van der Waals surface area contributed by atoms with E-state index in [1.807, 2.05) is 0 Å². The minimum Gasteiger partial charge on any atom is -0.325 e. The Morgan fingerprint density at radius 3 is 1.96 bits per heavy atom. The Labute approximate surface area is 129 Å². The molecule has 1 aliphatic heterocycles. The summed E-state index contributed by atoms with van der Waals surface area (Å²) < 4.78 is 74.6. The number of nitrogens with zero attached hydrogens (tertiary/aromatic N) is 1. The van der Waals surface area contributed by atoms with Crippen LogP contribution < -0.4 is 10.4 Å². The minimum atomic E-state index is -4.74. The Balaban J connectivity index is 2.47. The highest BCUT2D eigenvalue weighted by atomic mass is 19.4. The number of hydrogen-bond donors (Lipinski definition) is 1. The van der Waals surface area contributed by atoms with Crippen molar-refractivity contribution in [2.45, 2.75) is 44.8 Å². The van der Waals surface area contributed by atoms with Gasteiger partial charge in [-0.05, 0) is 36.7 Å². The van der Waals surface area contributed by atoms with E-state index >= 15 is 0 Å². The summed E-state index contributed by atoms with van der Waals surface area (Å²) in [5, 5.41) is 0. The van der Waals surface area contributed by atoms with Gasteiger partial charge in [-0.3, -0.25) is 0 Å². The summed E-state index contributed by atoms with van der Waals surface area (Å²) in [7, 11) is 0. The Morgan fingerprint density at radius 1 is 1.00 bits per heavy atom. The molecule has 3 nitrogen and oxygen atoms in total. The molecule has 0 radical (unpaired) electrons. The number of nitrogens with two attached hydrogens (primary N) is 1. The summed E-state index contributed by atoms with van der Waals surface area (Å²) in [5.74, 6) is -3.28. The van der Waals surface area contributed by atoms with Crippen LogP contribution in [0.15, 0.2) is 18.2 Å². The zero-order chi connectivity index (χ0) is 17.6. The standard InChI is InChI=1S/C15H16F5N2O/c1-13(2,21)7-11-22-12(23-11)8-4-9(14(3,16)17)6-10(5-8)15(18,19)20/h4-6H,7,21H2,1-3H3/q+1. The van der Waals surface area contributed by atoms with Gasteiger partial charge in [0.15, 0.2) is 0 Å². The molecule has 0 amide bonds. The molecule has 0 aromatic heterocycles. The van der Waals surface area contributed by atoms with E-state index in [-0.39, 0.29) is 23.8 Å². The van der Waals surface area contributed by atoms with Gasteiger partial charge < -0.3 is 10.5 Å². The smallest absolute Gasteiger partial charge is 0.325 e. The SMILES string of the molecule is CC(C)(N)CC1=[N+]=C(c2cc(C(C)(F)F)cc(C(F)(F)F)c2)O1. The Hall–Kier alpha value is -1.92. The quantitative estimate of drug-likeness (QED) is 0.679. The van der Waals surface area contributed by atoms with Crippen molar-refractivity contribution < 1.29 is 26.7 Å². The second-order valence-electron chi connectivity index (χ2n) is 6.26. The number of benzene rings is 1. The van der Waals surface area contributed by atoms with E-state index in [4.69, 9.17) is 10.5 Å². The van der Waals surface area contributed by atoms with Crippen LogP contribution in [0.25, 0.3) is 0 Å². The van der Waals surface area contributed by atoms with E-state index in [0.29, 0.717) is 13.0 Å². The van der Waals surface area contributed by atoms with Crippen molar-refractivity contribution in [1.82, 2.24) is 4.67 Å². The van der Waals surface area contributed by atoms with E-state index in [1.165, 1.54) is 0 Å². The van der Waals surface area contributed by atoms with Gasteiger partial charge in [-0.25, -0.2) is 8.78 Å². The van der Waals surface area contributed by atoms with Crippen LogP contribution in [0.2, 0.25) is 0 Å². The van der Waals surface area contributed by atoms with E-state index in [0.717, 1.165) is 12.1 Å². The molecule has 2 N–H and O–H groups in total. The lowest BCUT2D eigenvalue weighted by atomic mass is 10.00. The molecule has 0 saturated carbocycles. The maximum Gasteiger partial charge on any atom is 0.509 e. The summed E-state index contributed by atoms with van der Waals surface area (Å²) in [6.07, 6.45) is -4.46. The predicted molar refractivity (Wildman–Crippen MR) is 76.2 cm³/mol. The van der Waals surface area contributed by atoms with Crippen LogP contribution >= 0.6 is 0 Å². The van der Waals surface area contributed by atoms with E-state index < -0.39 is 28.8 Å². The molecule has 23 heavy (non-hydrogen) atoms. The van der Waals surface area contributed by atoms with Gasteiger partial charge in [0.05, 0.1) is 5.56 Å². The number of halogens is 5. The summed E-state index contributed by atoms with van der Waals surface area (Å²) in [6.45, 7) is 4.00. The van der Waals surface area contributed by atoms with Gasteiger partial charge in [0, 0.05) is 18.0 Å². The number of hydrogen-bond acceptors (Lipinski definition) is 2. The molecule has 0 saturated heterocycles. The summed E-state index contributed by atoms with van der Waals surface area (Å²) in [6, 6.07) is 2.10. The van der Waals surface area contributed by atoms with Crippen molar-refractivity contribution in [3.8, 4) is 0 Å². The van der Waals surface area contributed by atoms with Gasteiger partial charge in [-0.2, -0.15) is 13.2 Å². The van der Waals surface area contributed by atoms with E-state index in [2.05, 4.69) is 4.67 Å². The van der Waals surface area contributed by atoms with Crippen LogP contribution in [0, 0.1) is 0 Å². The lowest BCUT2D eigenvalue weighted by Gasteiger charge is -2.17. The fourth-order valence-electron chi connectivity index (χ4n) is 1.99. The van der Waals surface area contributed by atoms with Crippen molar-refractivity contribution in [3.63, 3.8) is 0 Å². The molecule has 0 spiro atoms. The molecule has 1 heterocycles. The monoisotopic (exact) mass is 335 g/mol. The average Bonchev–Trinajstić information content (AvgIpc) is 2.29. The maximum absolute atomic E-state index is 13.4.